The van der Waals surface area contributed by atoms with Crippen LogP contribution in [0.15, 0.2) is 29.1 Å². The summed E-state index contributed by atoms with van der Waals surface area (Å²) in [6.07, 6.45) is 7.30. The van der Waals surface area contributed by atoms with Gasteiger partial charge in [-0.2, -0.15) is 0 Å². The molecule has 2 aromatic rings. The SMILES string of the molecule is C[C@H]1[C@H](C)CCC[C@H]1NC(=O)C1CCC(Cn2c(=S)[nH]c3ccccc3c2=O)CC1. The van der Waals surface area contributed by atoms with E-state index >= 15 is 0 Å². The van der Waals surface area contributed by atoms with Gasteiger partial charge in [0.25, 0.3) is 5.56 Å². The smallest absolute Gasteiger partial charge is 0.262 e. The fourth-order valence-electron chi connectivity index (χ4n) is 5.32. The Balaban J connectivity index is 1.36. The molecule has 4 rings (SSSR count). The van der Waals surface area contributed by atoms with Gasteiger partial charge in [-0.3, -0.25) is 14.2 Å². The fourth-order valence-corrected chi connectivity index (χ4v) is 5.58. The van der Waals surface area contributed by atoms with Gasteiger partial charge in [0.1, 0.15) is 0 Å². The number of nitrogens with zero attached hydrogens (tertiary/aromatic N) is 1. The third kappa shape index (κ3) is 4.39. The first-order valence-corrected chi connectivity index (χ1v) is 11.9. The number of hydrogen-bond donors (Lipinski definition) is 2. The number of hydrogen-bond acceptors (Lipinski definition) is 3. The van der Waals surface area contributed by atoms with Crippen LogP contribution in [0.3, 0.4) is 0 Å². The van der Waals surface area contributed by atoms with Crippen molar-refractivity contribution >= 4 is 29.0 Å². The third-order valence-electron chi connectivity index (χ3n) is 7.58. The van der Waals surface area contributed by atoms with Crippen LogP contribution < -0.4 is 10.9 Å². The lowest BCUT2D eigenvalue weighted by Crippen LogP contribution is -2.46. The molecule has 6 heteroatoms. The molecule has 2 aliphatic rings. The van der Waals surface area contributed by atoms with Crippen LogP contribution in [0.4, 0.5) is 0 Å². The van der Waals surface area contributed by atoms with E-state index in [0.29, 0.717) is 40.5 Å². The quantitative estimate of drug-likeness (QED) is 0.689. The Morgan fingerprint density at radius 1 is 1.13 bits per heavy atom. The number of carbonyl (C=O) groups excluding carboxylic acids is 1. The molecule has 5 nitrogen and oxygen atoms in total. The molecule has 162 valence electrons. The summed E-state index contributed by atoms with van der Waals surface area (Å²) in [6.45, 7) is 5.20. The van der Waals surface area contributed by atoms with Gasteiger partial charge in [0.2, 0.25) is 5.91 Å². The van der Waals surface area contributed by atoms with E-state index in [1.165, 1.54) is 12.8 Å². The maximum absolute atomic E-state index is 12.9. The largest absolute Gasteiger partial charge is 0.353 e. The van der Waals surface area contributed by atoms with Crippen LogP contribution in [0.25, 0.3) is 10.9 Å². The molecule has 0 spiro atoms. The molecule has 2 N–H and O–H groups in total. The van der Waals surface area contributed by atoms with E-state index in [1.54, 1.807) is 4.57 Å². The lowest BCUT2D eigenvalue weighted by atomic mass is 9.77. The average molecular weight is 428 g/mol. The third-order valence-corrected chi connectivity index (χ3v) is 7.90. The number of fused-ring (bicyclic) bond motifs is 1. The van der Waals surface area contributed by atoms with Gasteiger partial charge in [0.05, 0.1) is 10.9 Å². The minimum Gasteiger partial charge on any atom is -0.353 e. The van der Waals surface area contributed by atoms with Crippen molar-refractivity contribution in [1.82, 2.24) is 14.9 Å². The Morgan fingerprint density at radius 3 is 2.63 bits per heavy atom. The average Bonchev–Trinajstić information content (AvgIpc) is 2.75. The standard InChI is InChI=1S/C24H33N3O2S/c1-15-6-5-9-20(16(15)2)25-22(28)18-12-10-17(11-13-18)14-27-23(29)19-7-3-4-8-21(19)26-24(27)30/h3-4,7-8,15-18,20H,5-6,9-14H2,1-2H3,(H,25,28)(H,26,30)/t15-,16+,17?,18?,20-/m1/s1. The first kappa shape index (κ1) is 21.3. The number of aromatic nitrogens is 2. The molecule has 0 saturated heterocycles. The second kappa shape index (κ2) is 9.04. The minimum atomic E-state index is -0.0189. The summed E-state index contributed by atoms with van der Waals surface area (Å²) >= 11 is 5.46. The zero-order chi connectivity index (χ0) is 21.3. The van der Waals surface area contributed by atoms with Crippen LogP contribution in [0, 0.1) is 28.4 Å². The molecule has 2 saturated carbocycles. The van der Waals surface area contributed by atoms with Crippen LogP contribution in [0.5, 0.6) is 0 Å². The number of rotatable bonds is 4. The number of para-hydroxylation sites is 1. The van der Waals surface area contributed by atoms with Crippen LogP contribution in [0.2, 0.25) is 0 Å². The van der Waals surface area contributed by atoms with Gasteiger partial charge < -0.3 is 10.3 Å². The molecule has 0 radical (unpaired) electrons. The van der Waals surface area contributed by atoms with E-state index in [0.717, 1.165) is 37.6 Å². The highest BCUT2D eigenvalue weighted by molar-refractivity contribution is 7.71. The molecule has 1 aromatic heterocycles. The highest BCUT2D eigenvalue weighted by Gasteiger charge is 2.32. The van der Waals surface area contributed by atoms with Crippen molar-refractivity contribution in [2.45, 2.75) is 71.4 Å². The normalized spacial score (nSPS) is 29.6. The van der Waals surface area contributed by atoms with E-state index in [2.05, 4.69) is 24.1 Å². The van der Waals surface area contributed by atoms with Crippen molar-refractivity contribution in [3.05, 3.63) is 39.4 Å². The molecule has 1 heterocycles. The van der Waals surface area contributed by atoms with Crippen molar-refractivity contribution in [2.75, 3.05) is 0 Å². The molecule has 2 fully saturated rings. The molecular formula is C24H33N3O2S. The Hall–Kier alpha value is -1.95. The Labute approximate surface area is 183 Å². The van der Waals surface area contributed by atoms with Crippen molar-refractivity contribution in [1.29, 1.82) is 0 Å². The van der Waals surface area contributed by atoms with Gasteiger partial charge >= 0.3 is 0 Å². The molecule has 2 aliphatic carbocycles. The highest BCUT2D eigenvalue weighted by Crippen LogP contribution is 2.32. The number of amides is 1. The number of H-pyrrole nitrogens is 1. The van der Waals surface area contributed by atoms with E-state index in [4.69, 9.17) is 12.2 Å². The Morgan fingerprint density at radius 2 is 1.87 bits per heavy atom. The Kier molecular flexibility index (Phi) is 6.42. The summed E-state index contributed by atoms with van der Waals surface area (Å²) in [5.41, 5.74) is 0.769. The van der Waals surface area contributed by atoms with Gasteiger partial charge in [-0.25, -0.2) is 0 Å². The first-order valence-electron chi connectivity index (χ1n) is 11.5. The van der Waals surface area contributed by atoms with Gasteiger partial charge in [-0.05, 0) is 74.2 Å². The predicted octanol–water partition coefficient (Wildman–Crippen LogP) is 4.81. The van der Waals surface area contributed by atoms with Crippen molar-refractivity contribution in [2.24, 2.45) is 23.7 Å². The zero-order valence-corrected chi connectivity index (χ0v) is 18.8. The van der Waals surface area contributed by atoms with E-state index in [1.807, 2.05) is 24.3 Å². The molecule has 0 unspecified atom stereocenters. The summed E-state index contributed by atoms with van der Waals surface area (Å²) in [4.78, 5) is 28.9. The second-order valence-corrected chi connectivity index (χ2v) is 9.88. The molecule has 30 heavy (non-hydrogen) atoms. The molecule has 0 bridgehead atoms. The minimum absolute atomic E-state index is 0.0189. The molecular weight excluding hydrogens is 394 g/mol. The topological polar surface area (TPSA) is 66.9 Å². The highest BCUT2D eigenvalue weighted by atomic mass is 32.1. The first-order chi connectivity index (χ1) is 14.4. The van der Waals surface area contributed by atoms with Crippen LogP contribution in [-0.2, 0) is 11.3 Å². The molecule has 0 aliphatic heterocycles. The lowest BCUT2D eigenvalue weighted by molar-refractivity contribution is -0.127. The summed E-state index contributed by atoms with van der Waals surface area (Å²) in [7, 11) is 0. The lowest BCUT2D eigenvalue weighted by Gasteiger charge is -2.36. The second-order valence-electron chi connectivity index (χ2n) is 9.49. The van der Waals surface area contributed by atoms with Crippen LogP contribution >= 0.6 is 12.2 Å². The maximum atomic E-state index is 12.9. The summed E-state index contributed by atoms with van der Waals surface area (Å²) in [5.74, 6) is 1.97. The fraction of sp³-hybridized carbons (Fsp3) is 0.625. The van der Waals surface area contributed by atoms with Crippen LogP contribution in [0.1, 0.15) is 58.8 Å². The Bertz CT molecular complexity index is 1020. The van der Waals surface area contributed by atoms with E-state index in [-0.39, 0.29) is 17.4 Å². The molecule has 1 amide bonds. The number of carbonyl (C=O) groups is 1. The predicted molar refractivity (Wildman–Crippen MR) is 123 cm³/mol. The number of nitrogens with one attached hydrogen (secondary N) is 2. The molecule has 3 atom stereocenters. The maximum Gasteiger partial charge on any atom is 0.262 e. The monoisotopic (exact) mass is 427 g/mol. The number of benzene rings is 1. The van der Waals surface area contributed by atoms with E-state index < -0.39 is 0 Å². The van der Waals surface area contributed by atoms with Gasteiger partial charge in [-0.1, -0.05) is 38.8 Å². The van der Waals surface area contributed by atoms with Gasteiger partial charge in [0.15, 0.2) is 4.77 Å². The van der Waals surface area contributed by atoms with E-state index in [9.17, 15) is 9.59 Å². The summed E-state index contributed by atoms with van der Waals surface area (Å²) in [5, 5.41) is 4.03. The number of aromatic amines is 1. The van der Waals surface area contributed by atoms with Gasteiger partial charge in [-0.15, -0.1) is 0 Å². The summed E-state index contributed by atoms with van der Waals surface area (Å²) in [6, 6.07) is 7.83. The molecule has 1 aromatic carbocycles. The zero-order valence-electron chi connectivity index (χ0n) is 18.0. The van der Waals surface area contributed by atoms with Crippen LogP contribution in [-0.4, -0.2) is 21.5 Å². The van der Waals surface area contributed by atoms with Crippen molar-refractivity contribution in [3.63, 3.8) is 0 Å². The van der Waals surface area contributed by atoms with Gasteiger partial charge in [0, 0.05) is 18.5 Å². The van der Waals surface area contributed by atoms with Crippen molar-refractivity contribution in [3.8, 4) is 0 Å². The summed E-state index contributed by atoms with van der Waals surface area (Å²) < 4.78 is 2.19. The van der Waals surface area contributed by atoms with Crippen molar-refractivity contribution < 1.29 is 4.79 Å².